The van der Waals surface area contributed by atoms with Crippen LogP contribution in [0.1, 0.15) is 36.1 Å². The Morgan fingerprint density at radius 3 is 2.60 bits per heavy atom. The maximum absolute atomic E-state index is 6.20. The minimum Gasteiger partial charge on any atom is -0.493 e. The fourth-order valence-electron chi connectivity index (χ4n) is 3.99. The van der Waals surface area contributed by atoms with Gasteiger partial charge in [0.2, 0.25) is 0 Å². The zero-order valence-electron chi connectivity index (χ0n) is 14.7. The van der Waals surface area contributed by atoms with Gasteiger partial charge in [0.15, 0.2) is 5.96 Å². The molecule has 0 radical (unpaired) electrons. The van der Waals surface area contributed by atoms with E-state index in [1.54, 1.807) is 0 Å². The molecule has 2 aromatic carbocycles. The fraction of sp³-hybridized carbons (Fsp3) is 0.381. The summed E-state index contributed by atoms with van der Waals surface area (Å²) in [6.07, 6.45) is 3.04. The minimum absolute atomic E-state index is 0.156. The highest BCUT2D eigenvalue weighted by atomic mass is 16.5. The molecule has 1 unspecified atom stereocenters. The molecule has 0 saturated carbocycles. The number of aliphatic imine (C=N–C) groups is 1. The normalized spacial score (nSPS) is 21.2. The van der Waals surface area contributed by atoms with Crippen molar-refractivity contribution in [1.82, 2.24) is 5.32 Å². The third-order valence-electron chi connectivity index (χ3n) is 5.26. The Kier molecular flexibility index (Phi) is 4.12. The number of hydrogen-bond donors (Lipinski definition) is 2. The van der Waals surface area contributed by atoms with Crippen LogP contribution in [0.3, 0.4) is 0 Å². The highest BCUT2D eigenvalue weighted by Crippen LogP contribution is 2.37. The summed E-state index contributed by atoms with van der Waals surface area (Å²) in [6, 6.07) is 17.0. The average molecular weight is 335 g/mol. The molecule has 0 saturated heterocycles. The van der Waals surface area contributed by atoms with E-state index in [0.717, 1.165) is 37.1 Å². The molecule has 0 aromatic heterocycles. The van der Waals surface area contributed by atoms with Crippen molar-refractivity contribution in [3.8, 4) is 5.75 Å². The molecular weight excluding hydrogens is 310 g/mol. The summed E-state index contributed by atoms with van der Waals surface area (Å²) in [4.78, 5) is 4.67. The van der Waals surface area contributed by atoms with E-state index in [2.05, 4.69) is 47.6 Å². The van der Waals surface area contributed by atoms with Gasteiger partial charge in [-0.3, -0.25) is 4.99 Å². The molecule has 0 bridgehead atoms. The van der Waals surface area contributed by atoms with Crippen LogP contribution in [-0.2, 0) is 12.8 Å². The summed E-state index contributed by atoms with van der Waals surface area (Å²) in [5.41, 5.74) is 10.4. The molecule has 4 rings (SSSR count). The van der Waals surface area contributed by atoms with Crippen molar-refractivity contribution in [1.29, 1.82) is 0 Å². The van der Waals surface area contributed by atoms with E-state index in [-0.39, 0.29) is 11.5 Å². The lowest BCUT2D eigenvalue weighted by Crippen LogP contribution is -2.38. The lowest BCUT2D eigenvalue weighted by Gasteiger charge is -2.27. The monoisotopic (exact) mass is 335 g/mol. The van der Waals surface area contributed by atoms with Crippen LogP contribution >= 0.6 is 0 Å². The van der Waals surface area contributed by atoms with Gasteiger partial charge in [-0.05, 0) is 35.4 Å². The van der Waals surface area contributed by atoms with Crippen molar-refractivity contribution < 1.29 is 4.74 Å². The number of rotatable bonds is 3. The van der Waals surface area contributed by atoms with E-state index in [1.807, 2.05) is 18.2 Å². The summed E-state index contributed by atoms with van der Waals surface area (Å²) >= 11 is 0. The van der Waals surface area contributed by atoms with Crippen LogP contribution in [0, 0.1) is 5.41 Å². The molecule has 4 nitrogen and oxygen atoms in total. The first-order valence-electron chi connectivity index (χ1n) is 8.98. The van der Waals surface area contributed by atoms with Gasteiger partial charge in [-0.2, -0.15) is 0 Å². The third-order valence-corrected chi connectivity index (χ3v) is 5.26. The second-order valence-corrected chi connectivity index (χ2v) is 7.51. The van der Waals surface area contributed by atoms with E-state index in [0.29, 0.717) is 12.6 Å². The maximum Gasteiger partial charge on any atom is 0.189 e. The SMILES string of the molecule is CC1(CN=C(N)NC2CCOc3ccccc32)Cc2ccccc2C1. The van der Waals surface area contributed by atoms with Gasteiger partial charge in [-0.15, -0.1) is 0 Å². The van der Waals surface area contributed by atoms with Crippen molar-refractivity contribution in [2.75, 3.05) is 13.2 Å². The highest BCUT2D eigenvalue weighted by Gasteiger charge is 2.32. The number of hydrogen-bond acceptors (Lipinski definition) is 2. The standard InChI is InChI=1S/C21H25N3O/c1-21(12-15-6-2-3-7-16(15)13-21)14-23-20(22)24-18-10-11-25-19-9-5-4-8-17(18)19/h2-9,18H,10-14H2,1H3,(H3,22,23,24). The summed E-state index contributed by atoms with van der Waals surface area (Å²) < 4.78 is 5.71. The predicted octanol–water partition coefficient (Wildman–Crippen LogP) is 3.22. The Balaban J connectivity index is 1.42. The molecular formula is C21H25N3O. The van der Waals surface area contributed by atoms with Gasteiger partial charge in [0, 0.05) is 18.5 Å². The molecule has 1 heterocycles. The van der Waals surface area contributed by atoms with E-state index in [1.165, 1.54) is 11.1 Å². The summed E-state index contributed by atoms with van der Waals surface area (Å²) in [5.74, 6) is 1.47. The number of nitrogens with two attached hydrogens (primary N) is 1. The minimum atomic E-state index is 0.156. The van der Waals surface area contributed by atoms with Gasteiger partial charge in [0.1, 0.15) is 5.75 Å². The van der Waals surface area contributed by atoms with Gasteiger partial charge in [0.05, 0.1) is 12.6 Å². The number of fused-ring (bicyclic) bond motifs is 2. The van der Waals surface area contributed by atoms with Crippen LogP contribution in [0.2, 0.25) is 0 Å². The van der Waals surface area contributed by atoms with Crippen molar-refractivity contribution in [3.05, 3.63) is 65.2 Å². The number of ether oxygens (including phenoxy) is 1. The van der Waals surface area contributed by atoms with Crippen LogP contribution in [0.25, 0.3) is 0 Å². The van der Waals surface area contributed by atoms with Crippen molar-refractivity contribution in [2.45, 2.75) is 32.2 Å². The lowest BCUT2D eigenvalue weighted by atomic mass is 9.87. The molecule has 4 heteroatoms. The van der Waals surface area contributed by atoms with Gasteiger partial charge >= 0.3 is 0 Å². The van der Waals surface area contributed by atoms with Crippen LogP contribution in [0.15, 0.2) is 53.5 Å². The molecule has 25 heavy (non-hydrogen) atoms. The topological polar surface area (TPSA) is 59.6 Å². The molecule has 0 amide bonds. The molecule has 130 valence electrons. The molecule has 0 spiro atoms. The van der Waals surface area contributed by atoms with Crippen molar-refractivity contribution >= 4 is 5.96 Å². The molecule has 3 N–H and O–H groups in total. The smallest absolute Gasteiger partial charge is 0.189 e. The Labute approximate surface area is 149 Å². The zero-order chi connectivity index (χ0) is 17.3. The number of benzene rings is 2. The number of guanidine groups is 1. The first kappa shape index (κ1) is 16.0. The molecule has 0 fully saturated rings. The van der Waals surface area contributed by atoms with Crippen LogP contribution in [0.4, 0.5) is 0 Å². The number of nitrogens with zero attached hydrogens (tertiary/aromatic N) is 1. The Morgan fingerprint density at radius 1 is 1.16 bits per heavy atom. The number of nitrogens with one attached hydrogen (secondary N) is 1. The average Bonchev–Trinajstić information content (AvgIpc) is 2.97. The van der Waals surface area contributed by atoms with Gasteiger partial charge in [0.25, 0.3) is 0 Å². The molecule has 1 atom stereocenters. The van der Waals surface area contributed by atoms with E-state index >= 15 is 0 Å². The van der Waals surface area contributed by atoms with Gasteiger partial charge < -0.3 is 15.8 Å². The summed E-state index contributed by atoms with van der Waals surface area (Å²) in [7, 11) is 0. The summed E-state index contributed by atoms with van der Waals surface area (Å²) in [6.45, 7) is 3.74. The van der Waals surface area contributed by atoms with Crippen molar-refractivity contribution in [2.24, 2.45) is 16.1 Å². The molecule has 2 aromatic rings. The van der Waals surface area contributed by atoms with Gasteiger partial charge in [-0.25, -0.2) is 0 Å². The van der Waals surface area contributed by atoms with Crippen LogP contribution < -0.4 is 15.8 Å². The Morgan fingerprint density at radius 2 is 1.84 bits per heavy atom. The second-order valence-electron chi connectivity index (χ2n) is 7.51. The molecule has 2 aliphatic rings. The van der Waals surface area contributed by atoms with Crippen molar-refractivity contribution in [3.63, 3.8) is 0 Å². The van der Waals surface area contributed by atoms with E-state index in [4.69, 9.17) is 10.5 Å². The molecule has 1 aliphatic carbocycles. The Bertz CT molecular complexity index is 774. The van der Waals surface area contributed by atoms with E-state index in [9.17, 15) is 0 Å². The van der Waals surface area contributed by atoms with Crippen LogP contribution in [-0.4, -0.2) is 19.1 Å². The van der Waals surface area contributed by atoms with E-state index < -0.39 is 0 Å². The largest absolute Gasteiger partial charge is 0.493 e. The number of para-hydroxylation sites is 1. The predicted molar refractivity (Wildman–Crippen MR) is 101 cm³/mol. The zero-order valence-corrected chi connectivity index (χ0v) is 14.7. The Hall–Kier alpha value is -2.49. The first-order chi connectivity index (χ1) is 12.1. The first-order valence-corrected chi connectivity index (χ1v) is 8.98. The van der Waals surface area contributed by atoms with Crippen LogP contribution in [0.5, 0.6) is 5.75 Å². The van der Waals surface area contributed by atoms with Gasteiger partial charge in [-0.1, -0.05) is 49.4 Å². The maximum atomic E-state index is 6.20. The highest BCUT2D eigenvalue weighted by molar-refractivity contribution is 5.78. The molecule has 1 aliphatic heterocycles. The quantitative estimate of drug-likeness (QED) is 0.669. The fourth-order valence-corrected chi connectivity index (χ4v) is 3.99. The summed E-state index contributed by atoms with van der Waals surface area (Å²) in [5, 5.41) is 3.39. The third kappa shape index (κ3) is 3.34. The second kappa shape index (κ2) is 6.43. The lowest BCUT2D eigenvalue weighted by molar-refractivity contribution is 0.262.